The molecule has 3 aromatic carbocycles. The Morgan fingerprint density at radius 3 is 2.41 bits per heavy atom. The van der Waals surface area contributed by atoms with Gasteiger partial charge in [-0.05, 0) is 73.7 Å². The Balaban J connectivity index is 1.42. The molecule has 2 heterocycles. The van der Waals surface area contributed by atoms with Crippen molar-refractivity contribution < 1.29 is 18.3 Å². The Hall–Kier alpha value is -5.51. The molecule has 5 rings (SSSR count). The fourth-order valence-electron chi connectivity index (χ4n) is 4.51. The van der Waals surface area contributed by atoms with Crippen LogP contribution >= 0.6 is 0 Å². The summed E-state index contributed by atoms with van der Waals surface area (Å²) in [6, 6.07) is 17.6. The predicted octanol–water partition coefficient (Wildman–Crippen LogP) is 5.91. The summed E-state index contributed by atoms with van der Waals surface area (Å²) in [7, 11) is 1.88. The van der Waals surface area contributed by atoms with Crippen LogP contribution in [0.3, 0.4) is 0 Å². The van der Waals surface area contributed by atoms with Gasteiger partial charge in [0.05, 0.1) is 0 Å². The van der Waals surface area contributed by atoms with E-state index in [-0.39, 0.29) is 17.0 Å². The Morgan fingerprint density at radius 2 is 1.73 bits per heavy atom. The highest BCUT2D eigenvalue weighted by molar-refractivity contribution is 6.10. The molecule has 0 radical (unpaired) electrons. The third-order valence-electron chi connectivity index (χ3n) is 6.65. The molecule has 0 bridgehead atoms. The number of allylic oxidation sites excluding steroid dienone is 1. The summed E-state index contributed by atoms with van der Waals surface area (Å²) in [5.74, 6) is -1.77. The Kier molecular flexibility index (Phi) is 7.22. The molecule has 5 aromatic rings. The van der Waals surface area contributed by atoms with Crippen LogP contribution in [0.25, 0.3) is 22.2 Å². The van der Waals surface area contributed by atoms with E-state index in [0.29, 0.717) is 28.3 Å². The van der Waals surface area contributed by atoms with E-state index < -0.39 is 23.1 Å². The number of pyridine rings is 1. The quantitative estimate of drug-likeness (QED) is 0.217. The van der Waals surface area contributed by atoms with Gasteiger partial charge in [0.15, 0.2) is 11.6 Å². The number of carbonyl (C=O) groups is 1. The number of halogens is 2. The second-order valence-corrected chi connectivity index (χ2v) is 9.31. The summed E-state index contributed by atoms with van der Waals surface area (Å²) in [6.45, 7) is 1.69. The molecule has 0 aliphatic carbocycles. The molecule has 0 atom stereocenters. The number of rotatable bonds is 7. The summed E-state index contributed by atoms with van der Waals surface area (Å²) in [4.78, 5) is 26.1. The minimum atomic E-state index is -0.761. The molecule has 10 heteroatoms. The number of aryl methyl sites for hydroxylation is 2. The summed E-state index contributed by atoms with van der Waals surface area (Å²) < 4.78 is 37.7. The smallest absolute Gasteiger partial charge is 0.268 e. The van der Waals surface area contributed by atoms with Gasteiger partial charge in [-0.15, -0.1) is 0 Å². The highest BCUT2D eigenvalue weighted by Gasteiger charge is 2.18. The fourth-order valence-corrected chi connectivity index (χ4v) is 4.51. The monoisotopic (exact) mass is 553 g/mol. The standard InChI is InChI=1S/C31H25F2N5O3/c1-18-3-9-24(31(40)38(18)23-7-4-21(32)5-8-23)30(39)36-22-6-10-28(26(33)14-22)41-29-13-19-11-12-37(2)27(19)15-25(29)20(16-34)17-35/h3-17,34H,35H2,1-2H3,(H,36,39)/b20-17+,34-16?. The molecular formula is C31H25F2N5O3. The second kappa shape index (κ2) is 10.9. The predicted molar refractivity (Wildman–Crippen MR) is 155 cm³/mol. The van der Waals surface area contributed by atoms with E-state index in [9.17, 15) is 14.0 Å². The molecule has 41 heavy (non-hydrogen) atoms. The van der Waals surface area contributed by atoms with E-state index in [0.717, 1.165) is 23.2 Å². The zero-order valence-electron chi connectivity index (χ0n) is 22.1. The number of hydrogen-bond donors (Lipinski definition) is 3. The van der Waals surface area contributed by atoms with Crippen molar-refractivity contribution >= 4 is 34.3 Å². The van der Waals surface area contributed by atoms with E-state index in [2.05, 4.69) is 5.32 Å². The topological polar surface area (TPSA) is 115 Å². The number of nitrogens with two attached hydrogens (primary N) is 1. The zero-order chi connectivity index (χ0) is 29.3. The number of aromatic nitrogens is 2. The maximum absolute atomic E-state index is 15.2. The van der Waals surface area contributed by atoms with Crippen molar-refractivity contribution in [3.8, 4) is 17.2 Å². The normalized spacial score (nSPS) is 11.5. The lowest BCUT2D eigenvalue weighted by molar-refractivity contribution is 0.102. The third kappa shape index (κ3) is 5.22. The van der Waals surface area contributed by atoms with Crippen molar-refractivity contribution in [1.29, 1.82) is 5.41 Å². The highest BCUT2D eigenvalue weighted by atomic mass is 19.1. The summed E-state index contributed by atoms with van der Waals surface area (Å²) >= 11 is 0. The highest BCUT2D eigenvalue weighted by Crippen LogP contribution is 2.35. The first-order valence-corrected chi connectivity index (χ1v) is 12.5. The molecule has 0 fully saturated rings. The van der Waals surface area contributed by atoms with Crippen LogP contribution in [0.15, 0.2) is 90.0 Å². The first kappa shape index (κ1) is 27.1. The summed E-state index contributed by atoms with van der Waals surface area (Å²) in [6.07, 6.45) is 4.23. The minimum Gasteiger partial charge on any atom is -0.454 e. The number of fused-ring (bicyclic) bond motifs is 1. The van der Waals surface area contributed by atoms with Crippen molar-refractivity contribution in [2.24, 2.45) is 12.8 Å². The van der Waals surface area contributed by atoms with Crippen molar-refractivity contribution in [1.82, 2.24) is 9.13 Å². The van der Waals surface area contributed by atoms with Gasteiger partial charge < -0.3 is 25.8 Å². The van der Waals surface area contributed by atoms with Crippen molar-refractivity contribution in [2.45, 2.75) is 6.92 Å². The lowest BCUT2D eigenvalue weighted by Crippen LogP contribution is -2.29. The largest absolute Gasteiger partial charge is 0.454 e. The van der Waals surface area contributed by atoms with Crippen molar-refractivity contribution in [3.63, 3.8) is 0 Å². The van der Waals surface area contributed by atoms with Gasteiger partial charge in [0, 0.05) is 70.8 Å². The van der Waals surface area contributed by atoms with Crippen molar-refractivity contribution in [2.75, 3.05) is 5.32 Å². The van der Waals surface area contributed by atoms with Gasteiger partial charge in [-0.1, -0.05) is 0 Å². The second-order valence-electron chi connectivity index (χ2n) is 9.31. The maximum atomic E-state index is 15.2. The summed E-state index contributed by atoms with van der Waals surface area (Å²) in [5.41, 5.74) is 7.77. The van der Waals surface area contributed by atoms with E-state index in [4.69, 9.17) is 15.9 Å². The molecule has 1 amide bonds. The van der Waals surface area contributed by atoms with Crippen LogP contribution in [0.1, 0.15) is 21.6 Å². The van der Waals surface area contributed by atoms with Gasteiger partial charge in [0.1, 0.15) is 17.1 Å². The van der Waals surface area contributed by atoms with Gasteiger partial charge in [0.25, 0.3) is 11.5 Å². The molecule has 2 aromatic heterocycles. The van der Waals surface area contributed by atoms with Gasteiger partial charge in [-0.25, -0.2) is 8.78 Å². The molecule has 0 saturated carbocycles. The minimum absolute atomic E-state index is 0.105. The number of carbonyl (C=O) groups excluding carboxylic acids is 1. The van der Waals surface area contributed by atoms with Crippen LogP contribution < -0.4 is 21.3 Å². The maximum Gasteiger partial charge on any atom is 0.268 e. The molecular weight excluding hydrogens is 528 g/mol. The molecule has 0 aliphatic rings. The average molecular weight is 554 g/mol. The molecule has 0 saturated heterocycles. The van der Waals surface area contributed by atoms with Crippen LogP contribution in [0.2, 0.25) is 0 Å². The summed E-state index contributed by atoms with van der Waals surface area (Å²) in [5, 5.41) is 11.1. The number of nitrogens with zero attached hydrogens (tertiary/aromatic N) is 2. The Morgan fingerprint density at radius 1 is 0.976 bits per heavy atom. The van der Waals surface area contributed by atoms with Gasteiger partial charge in [-0.3, -0.25) is 14.2 Å². The van der Waals surface area contributed by atoms with Gasteiger partial charge in [0.2, 0.25) is 0 Å². The zero-order valence-corrected chi connectivity index (χ0v) is 22.1. The first-order chi connectivity index (χ1) is 19.7. The van der Waals surface area contributed by atoms with Crippen LogP contribution in [0.5, 0.6) is 11.5 Å². The lowest BCUT2D eigenvalue weighted by atomic mass is 10.0. The molecule has 0 spiro atoms. The SMILES string of the molecule is Cc1ccc(C(=O)Nc2ccc(Oc3cc4ccn(C)c4cc3/C(C=N)=C/N)c(F)c2)c(=O)n1-c1ccc(F)cc1. The van der Waals surface area contributed by atoms with E-state index in [1.165, 1.54) is 53.2 Å². The molecule has 0 aliphatic heterocycles. The number of amides is 1. The van der Waals surface area contributed by atoms with E-state index in [1.807, 2.05) is 23.9 Å². The lowest BCUT2D eigenvalue weighted by Gasteiger charge is -2.14. The number of ether oxygens (including phenoxy) is 1. The number of anilines is 1. The van der Waals surface area contributed by atoms with E-state index in [1.54, 1.807) is 25.1 Å². The van der Waals surface area contributed by atoms with Gasteiger partial charge in [-0.2, -0.15) is 0 Å². The number of hydrogen-bond acceptors (Lipinski definition) is 5. The van der Waals surface area contributed by atoms with Gasteiger partial charge >= 0.3 is 0 Å². The van der Waals surface area contributed by atoms with Crippen LogP contribution in [-0.2, 0) is 7.05 Å². The molecule has 0 unspecified atom stereocenters. The van der Waals surface area contributed by atoms with Crippen molar-refractivity contribution in [3.05, 3.63) is 124 Å². The van der Waals surface area contributed by atoms with Crippen LogP contribution in [0.4, 0.5) is 14.5 Å². The van der Waals surface area contributed by atoms with E-state index >= 15 is 4.39 Å². The Bertz CT molecular complexity index is 1910. The number of nitrogens with one attached hydrogen (secondary N) is 2. The van der Waals surface area contributed by atoms with Crippen LogP contribution in [-0.4, -0.2) is 21.3 Å². The Labute approximate surface area is 233 Å². The number of benzene rings is 3. The third-order valence-corrected chi connectivity index (χ3v) is 6.65. The molecule has 8 nitrogen and oxygen atoms in total. The molecule has 4 N–H and O–H groups in total. The van der Waals surface area contributed by atoms with Crippen LogP contribution in [0, 0.1) is 24.0 Å². The fraction of sp³-hybridized carbons (Fsp3) is 0.0645. The first-order valence-electron chi connectivity index (χ1n) is 12.5. The average Bonchev–Trinajstić information content (AvgIpc) is 3.31. The molecule has 206 valence electrons.